The predicted octanol–water partition coefficient (Wildman–Crippen LogP) is 7.41. The SMILES string of the molecule is C=CCCC1CCC(c2ccc(-c3cc(F)c(COCC)c(F)c3)cc2)CC1. The first-order valence-electron chi connectivity index (χ1n) is 10.4. The second kappa shape index (κ2) is 9.97. The molecule has 0 saturated heterocycles. The van der Waals surface area contributed by atoms with E-state index in [1.165, 1.54) is 49.8 Å². The Bertz CT molecular complexity index is 751. The molecule has 0 unspecified atom stereocenters. The van der Waals surface area contributed by atoms with Crippen LogP contribution in [-0.2, 0) is 11.3 Å². The number of ether oxygens (including phenoxy) is 1. The highest BCUT2D eigenvalue weighted by Crippen LogP contribution is 2.38. The zero-order valence-corrected chi connectivity index (χ0v) is 16.7. The van der Waals surface area contributed by atoms with Gasteiger partial charge in [0.05, 0.1) is 6.61 Å². The summed E-state index contributed by atoms with van der Waals surface area (Å²) in [5.74, 6) is 0.321. The largest absolute Gasteiger partial charge is 0.377 e. The highest BCUT2D eigenvalue weighted by atomic mass is 19.1. The van der Waals surface area contributed by atoms with Crippen molar-refractivity contribution in [3.05, 3.63) is 71.8 Å². The van der Waals surface area contributed by atoms with E-state index in [0.717, 1.165) is 17.9 Å². The molecule has 1 saturated carbocycles. The number of halogens is 2. The van der Waals surface area contributed by atoms with Crippen LogP contribution in [0.4, 0.5) is 8.78 Å². The Balaban J connectivity index is 1.67. The molecule has 3 rings (SSSR count). The first-order valence-corrected chi connectivity index (χ1v) is 10.4. The van der Waals surface area contributed by atoms with Crippen molar-refractivity contribution >= 4 is 0 Å². The Morgan fingerprint density at radius 2 is 1.64 bits per heavy atom. The van der Waals surface area contributed by atoms with E-state index in [9.17, 15) is 8.78 Å². The molecule has 0 amide bonds. The smallest absolute Gasteiger partial charge is 0.132 e. The molecule has 0 heterocycles. The van der Waals surface area contributed by atoms with Crippen molar-refractivity contribution in [1.29, 1.82) is 0 Å². The molecule has 150 valence electrons. The van der Waals surface area contributed by atoms with Crippen LogP contribution < -0.4 is 0 Å². The molecule has 0 aromatic heterocycles. The Morgan fingerprint density at radius 1 is 1.00 bits per heavy atom. The standard InChI is InChI=1S/C25H30F2O/c1-3-5-6-18-7-9-19(10-8-18)20-11-13-21(14-12-20)22-15-24(26)23(17-28-4-2)25(27)16-22/h3,11-16,18-19H,1,4-10,17H2,2H3. The minimum atomic E-state index is -0.551. The van der Waals surface area contributed by atoms with Crippen LogP contribution in [-0.4, -0.2) is 6.61 Å². The maximum absolute atomic E-state index is 14.3. The lowest BCUT2D eigenvalue weighted by Crippen LogP contribution is -2.13. The fourth-order valence-corrected chi connectivity index (χ4v) is 4.20. The van der Waals surface area contributed by atoms with Crippen LogP contribution >= 0.6 is 0 Å². The van der Waals surface area contributed by atoms with Crippen LogP contribution in [0.15, 0.2) is 49.1 Å². The Hall–Kier alpha value is -2.00. The van der Waals surface area contributed by atoms with E-state index in [1.54, 1.807) is 6.92 Å². The summed E-state index contributed by atoms with van der Waals surface area (Å²) < 4.78 is 33.7. The number of hydrogen-bond donors (Lipinski definition) is 0. The molecule has 2 aromatic carbocycles. The van der Waals surface area contributed by atoms with E-state index in [0.29, 0.717) is 18.1 Å². The van der Waals surface area contributed by atoms with Gasteiger partial charge in [-0.25, -0.2) is 8.78 Å². The molecule has 0 spiro atoms. The molecule has 3 heteroatoms. The predicted molar refractivity (Wildman–Crippen MR) is 111 cm³/mol. The van der Waals surface area contributed by atoms with Gasteiger partial charge in [0.25, 0.3) is 0 Å². The number of hydrogen-bond acceptors (Lipinski definition) is 1. The van der Waals surface area contributed by atoms with Gasteiger partial charge in [-0.3, -0.25) is 0 Å². The Labute approximate surface area is 167 Å². The van der Waals surface area contributed by atoms with Crippen LogP contribution in [0, 0.1) is 17.6 Å². The van der Waals surface area contributed by atoms with Gasteiger partial charge >= 0.3 is 0 Å². The lowest BCUT2D eigenvalue weighted by atomic mass is 9.77. The summed E-state index contributed by atoms with van der Waals surface area (Å²) in [5, 5.41) is 0. The third kappa shape index (κ3) is 5.08. The fraction of sp³-hybridized carbons (Fsp3) is 0.440. The summed E-state index contributed by atoms with van der Waals surface area (Å²) in [6.07, 6.45) is 9.37. The Morgan fingerprint density at radius 3 is 2.21 bits per heavy atom. The maximum atomic E-state index is 14.3. The molecule has 2 aromatic rings. The number of allylic oxidation sites excluding steroid dienone is 1. The minimum Gasteiger partial charge on any atom is -0.377 e. The van der Waals surface area contributed by atoms with Gasteiger partial charge in [0.2, 0.25) is 0 Å². The zero-order chi connectivity index (χ0) is 19.9. The van der Waals surface area contributed by atoms with Crippen LogP contribution in [0.25, 0.3) is 11.1 Å². The third-order valence-corrected chi connectivity index (χ3v) is 5.93. The molecular formula is C25H30F2O. The molecular weight excluding hydrogens is 354 g/mol. The first kappa shape index (κ1) is 20.7. The quantitative estimate of drug-likeness (QED) is 0.431. The highest BCUT2D eigenvalue weighted by molar-refractivity contribution is 5.64. The van der Waals surface area contributed by atoms with Crippen LogP contribution in [0.2, 0.25) is 0 Å². The van der Waals surface area contributed by atoms with Crippen LogP contribution in [0.1, 0.15) is 62.5 Å². The van der Waals surface area contributed by atoms with E-state index in [4.69, 9.17) is 4.74 Å². The Kier molecular flexibility index (Phi) is 7.38. The maximum Gasteiger partial charge on any atom is 0.132 e. The second-order valence-corrected chi connectivity index (χ2v) is 7.76. The van der Waals surface area contributed by atoms with Gasteiger partial charge in [-0.15, -0.1) is 6.58 Å². The van der Waals surface area contributed by atoms with Crippen molar-refractivity contribution in [3.63, 3.8) is 0 Å². The summed E-state index contributed by atoms with van der Waals surface area (Å²) in [6.45, 7) is 6.01. The molecule has 28 heavy (non-hydrogen) atoms. The van der Waals surface area contributed by atoms with E-state index >= 15 is 0 Å². The summed E-state index contributed by atoms with van der Waals surface area (Å²) >= 11 is 0. The van der Waals surface area contributed by atoms with Gasteiger partial charge in [0, 0.05) is 12.2 Å². The van der Waals surface area contributed by atoms with Crippen LogP contribution in [0.5, 0.6) is 0 Å². The molecule has 0 radical (unpaired) electrons. The summed E-state index contributed by atoms with van der Waals surface area (Å²) in [5.41, 5.74) is 2.73. The number of rotatable bonds is 8. The van der Waals surface area contributed by atoms with Gasteiger partial charge < -0.3 is 4.74 Å². The zero-order valence-electron chi connectivity index (χ0n) is 16.7. The fourth-order valence-electron chi connectivity index (χ4n) is 4.20. The topological polar surface area (TPSA) is 9.23 Å². The van der Waals surface area contributed by atoms with Crippen molar-refractivity contribution in [3.8, 4) is 11.1 Å². The molecule has 0 atom stereocenters. The van der Waals surface area contributed by atoms with Crippen molar-refractivity contribution in [2.24, 2.45) is 5.92 Å². The molecule has 1 aliphatic carbocycles. The molecule has 0 bridgehead atoms. The minimum absolute atomic E-state index is 0.00423. The van der Waals surface area contributed by atoms with Crippen molar-refractivity contribution < 1.29 is 13.5 Å². The summed E-state index contributed by atoms with van der Waals surface area (Å²) in [6, 6.07) is 11.0. The van der Waals surface area contributed by atoms with Gasteiger partial charge in [-0.05, 0) is 86.1 Å². The van der Waals surface area contributed by atoms with Gasteiger partial charge in [0.15, 0.2) is 0 Å². The van der Waals surface area contributed by atoms with Crippen molar-refractivity contribution in [2.75, 3.05) is 6.61 Å². The highest BCUT2D eigenvalue weighted by Gasteiger charge is 2.22. The second-order valence-electron chi connectivity index (χ2n) is 7.76. The van der Waals surface area contributed by atoms with E-state index < -0.39 is 11.6 Å². The average Bonchev–Trinajstić information content (AvgIpc) is 2.72. The summed E-state index contributed by atoms with van der Waals surface area (Å²) in [7, 11) is 0. The lowest BCUT2D eigenvalue weighted by Gasteiger charge is -2.28. The van der Waals surface area contributed by atoms with Crippen LogP contribution in [0.3, 0.4) is 0 Å². The van der Waals surface area contributed by atoms with Crippen molar-refractivity contribution in [2.45, 2.75) is 58.0 Å². The van der Waals surface area contributed by atoms with E-state index in [-0.39, 0.29) is 12.2 Å². The van der Waals surface area contributed by atoms with Gasteiger partial charge in [-0.2, -0.15) is 0 Å². The van der Waals surface area contributed by atoms with E-state index in [1.807, 2.05) is 18.2 Å². The summed E-state index contributed by atoms with van der Waals surface area (Å²) in [4.78, 5) is 0. The lowest BCUT2D eigenvalue weighted by molar-refractivity contribution is 0.128. The average molecular weight is 385 g/mol. The first-order chi connectivity index (χ1) is 13.6. The number of benzene rings is 2. The van der Waals surface area contributed by atoms with E-state index in [2.05, 4.69) is 18.7 Å². The molecule has 1 fully saturated rings. The molecule has 0 N–H and O–H groups in total. The molecule has 0 aliphatic heterocycles. The normalized spacial score (nSPS) is 19.5. The third-order valence-electron chi connectivity index (χ3n) is 5.93. The van der Waals surface area contributed by atoms with Crippen molar-refractivity contribution in [1.82, 2.24) is 0 Å². The molecule has 1 aliphatic rings. The van der Waals surface area contributed by atoms with Gasteiger partial charge in [-0.1, -0.05) is 30.3 Å². The molecule has 1 nitrogen and oxygen atoms in total. The van der Waals surface area contributed by atoms with Gasteiger partial charge in [0.1, 0.15) is 11.6 Å². The monoisotopic (exact) mass is 384 g/mol.